The summed E-state index contributed by atoms with van der Waals surface area (Å²) in [4.78, 5) is 12.4. The van der Waals surface area contributed by atoms with Gasteiger partial charge in [-0.15, -0.1) is 0 Å². The third kappa shape index (κ3) is 5.04. The smallest absolute Gasteiger partial charge is 0.261 e. The molecule has 156 valence electrons. The largest absolute Gasteiger partial charge is 0.322 e. The van der Waals surface area contributed by atoms with E-state index in [4.69, 9.17) is 0 Å². The van der Waals surface area contributed by atoms with Crippen LogP contribution < -0.4 is 10.0 Å². The molecule has 3 aromatic carbocycles. The van der Waals surface area contributed by atoms with Crippen LogP contribution in [0.2, 0.25) is 0 Å². The van der Waals surface area contributed by atoms with Crippen LogP contribution in [0.15, 0.2) is 77.7 Å². The number of rotatable bonds is 5. The SMILES string of the molecule is CC(C)(C)c1ccc(C(=O)Nc2ccc(S(=O)(=O)Nc3ccccc3F)cc2)cc1. The predicted octanol–water partition coefficient (Wildman–Crippen LogP) is 5.18. The van der Waals surface area contributed by atoms with E-state index in [9.17, 15) is 17.6 Å². The Hall–Kier alpha value is -3.19. The Bertz CT molecular complexity index is 1150. The minimum Gasteiger partial charge on any atom is -0.322 e. The first-order valence-corrected chi connectivity index (χ1v) is 10.8. The Labute approximate surface area is 176 Å². The molecule has 0 aliphatic carbocycles. The van der Waals surface area contributed by atoms with Crippen molar-refractivity contribution >= 4 is 27.3 Å². The van der Waals surface area contributed by atoms with Gasteiger partial charge in [-0.2, -0.15) is 0 Å². The van der Waals surface area contributed by atoms with Crippen LogP contribution in [0.25, 0.3) is 0 Å². The molecule has 7 heteroatoms. The monoisotopic (exact) mass is 426 g/mol. The first-order valence-electron chi connectivity index (χ1n) is 9.35. The Balaban J connectivity index is 1.71. The summed E-state index contributed by atoms with van der Waals surface area (Å²) in [5, 5.41) is 2.74. The zero-order valence-corrected chi connectivity index (χ0v) is 17.8. The topological polar surface area (TPSA) is 75.3 Å². The second-order valence-corrected chi connectivity index (χ2v) is 9.57. The van der Waals surface area contributed by atoms with Crippen molar-refractivity contribution in [1.29, 1.82) is 0 Å². The van der Waals surface area contributed by atoms with Crippen molar-refractivity contribution in [3.05, 3.63) is 89.7 Å². The summed E-state index contributed by atoms with van der Waals surface area (Å²) < 4.78 is 40.8. The number of benzene rings is 3. The summed E-state index contributed by atoms with van der Waals surface area (Å²) in [6, 6.07) is 18.5. The molecule has 1 amide bonds. The van der Waals surface area contributed by atoms with Crippen molar-refractivity contribution in [2.45, 2.75) is 31.1 Å². The van der Waals surface area contributed by atoms with Gasteiger partial charge in [0.2, 0.25) is 0 Å². The lowest BCUT2D eigenvalue weighted by molar-refractivity contribution is 0.102. The van der Waals surface area contributed by atoms with Crippen LogP contribution in [0.3, 0.4) is 0 Å². The van der Waals surface area contributed by atoms with Gasteiger partial charge in [0.05, 0.1) is 10.6 Å². The lowest BCUT2D eigenvalue weighted by Crippen LogP contribution is -2.15. The number of hydrogen-bond donors (Lipinski definition) is 2. The van der Waals surface area contributed by atoms with Gasteiger partial charge >= 0.3 is 0 Å². The molecule has 0 unspecified atom stereocenters. The maximum Gasteiger partial charge on any atom is 0.261 e. The highest BCUT2D eigenvalue weighted by Gasteiger charge is 2.17. The van der Waals surface area contributed by atoms with Crippen LogP contribution in [0.1, 0.15) is 36.7 Å². The molecule has 3 rings (SSSR count). The van der Waals surface area contributed by atoms with E-state index in [2.05, 4.69) is 30.8 Å². The van der Waals surface area contributed by atoms with Gasteiger partial charge in [-0.25, -0.2) is 12.8 Å². The first-order chi connectivity index (χ1) is 14.1. The van der Waals surface area contributed by atoms with E-state index in [1.165, 1.54) is 48.5 Å². The molecule has 0 aliphatic heterocycles. The molecular formula is C23H23FN2O3S. The molecule has 0 aromatic heterocycles. The fraction of sp³-hybridized carbons (Fsp3) is 0.174. The zero-order valence-electron chi connectivity index (χ0n) is 16.9. The van der Waals surface area contributed by atoms with Crippen LogP contribution in [0, 0.1) is 5.82 Å². The van der Waals surface area contributed by atoms with Crippen LogP contribution in [0.4, 0.5) is 15.8 Å². The summed E-state index contributed by atoms with van der Waals surface area (Å²) >= 11 is 0. The summed E-state index contributed by atoms with van der Waals surface area (Å²) in [6.45, 7) is 6.29. The van der Waals surface area contributed by atoms with E-state index in [1.54, 1.807) is 12.1 Å². The summed E-state index contributed by atoms with van der Waals surface area (Å²) in [5.41, 5.74) is 1.93. The molecule has 0 fully saturated rings. The molecule has 0 bridgehead atoms. The Kier molecular flexibility index (Phi) is 5.94. The number of carbonyl (C=O) groups excluding carboxylic acids is 1. The predicted molar refractivity (Wildman–Crippen MR) is 117 cm³/mol. The van der Waals surface area contributed by atoms with Crippen LogP contribution in [-0.4, -0.2) is 14.3 Å². The van der Waals surface area contributed by atoms with Crippen molar-refractivity contribution < 1.29 is 17.6 Å². The lowest BCUT2D eigenvalue weighted by atomic mass is 9.87. The standard InChI is InChI=1S/C23H23FN2O3S/c1-23(2,3)17-10-8-16(9-11-17)22(27)25-18-12-14-19(15-13-18)30(28,29)26-21-7-5-4-6-20(21)24/h4-15,26H,1-3H3,(H,25,27). The molecule has 0 saturated carbocycles. The molecule has 0 saturated heterocycles. The number of para-hydroxylation sites is 1. The highest BCUT2D eigenvalue weighted by atomic mass is 32.2. The molecule has 0 atom stereocenters. The number of carbonyl (C=O) groups is 1. The Morgan fingerprint density at radius 1 is 0.867 bits per heavy atom. The van der Waals surface area contributed by atoms with Crippen LogP contribution >= 0.6 is 0 Å². The quantitative estimate of drug-likeness (QED) is 0.591. The number of sulfonamides is 1. The maximum atomic E-state index is 13.7. The number of nitrogens with one attached hydrogen (secondary N) is 2. The molecule has 5 nitrogen and oxygen atoms in total. The van der Waals surface area contributed by atoms with Crippen molar-refractivity contribution in [3.63, 3.8) is 0 Å². The lowest BCUT2D eigenvalue weighted by Gasteiger charge is -2.19. The maximum absolute atomic E-state index is 13.7. The second-order valence-electron chi connectivity index (χ2n) is 7.89. The third-order valence-corrected chi connectivity index (χ3v) is 5.94. The van der Waals surface area contributed by atoms with Crippen LogP contribution in [-0.2, 0) is 15.4 Å². The van der Waals surface area contributed by atoms with Crippen molar-refractivity contribution in [3.8, 4) is 0 Å². The molecule has 3 aromatic rings. The fourth-order valence-electron chi connectivity index (χ4n) is 2.79. The average molecular weight is 427 g/mol. The molecular weight excluding hydrogens is 403 g/mol. The van der Waals surface area contributed by atoms with Crippen LogP contribution in [0.5, 0.6) is 0 Å². The van der Waals surface area contributed by atoms with Crippen molar-refractivity contribution in [2.24, 2.45) is 0 Å². The zero-order chi connectivity index (χ0) is 21.9. The fourth-order valence-corrected chi connectivity index (χ4v) is 3.86. The van der Waals surface area contributed by atoms with Gasteiger partial charge in [0.15, 0.2) is 0 Å². The van der Waals surface area contributed by atoms with E-state index >= 15 is 0 Å². The van der Waals surface area contributed by atoms with E-state index in [0.29, 0.717) is 11.3 Å². The molecule has 30 heavy (non-hydrogen) atoms. The van der Waals surface area contributed by atoms with Gasteiger partial charge in [0.25, 0.3) is 15.9 Å². The van der Waals surface area contributed by atoms with Gasteiger partial charge in [-0.3, -0.25) is 9.52 Å². The normalized spacial score (nSPS) is 11.7. The summed E-state index contributed by atoms with van der Waals surface area (Å²) in [6.07, 6.45) is 0. The van der Waals surface area contributed by atoms with Gasteiger partial charge < -0.3 is 5.32 Å². The first kappa shape index (κ1) is 21.5. The van der Waals surface area contributed by atoms with Gasteiger partial charge in [-0.05, 0) is 59.5 Å². The number of halogens is 1. The highest BCUT2D eigenvalue weighted by molar-refractivity contribution is 7.92. The Morgan fingerprint density at radius 3 is 2.03 bits per heavy atom. The van der Waals surface area contributed by atoms with Crippen molar-refractivity contribution in [2.75, 3.05) is 10.0 Å². The van der Waals surface area contributed by atoms with E-state index in [0.717, 1.165) is 5.56 Å². The molecule has 0 aliphatic rings. The second kappa shape index (κ2) is 8.28. The van der Waals surface area contributed by atoms with E-state index in [1.807, 2.05) is 12.1 Å². The minimum absolute atomic E-state index is 0.00692. The summed E-state index contributed by atoms with van der Waals surface area (Å²) in [5.74, 6) is -0.960. The third-order valence-electron chi connectivity index (χ3n) is 4.55. The Morgan fingerprint density at radius 2 is 1.47 bits per heavy atom. The molecule has 0 heterocycles. The molecule has 0 spiro atoms. The average Bonchev–Trinajstić information content (AvgIpc) is 2.69. The van der Waals surface area contributed by atoms with Gasteiger partial charge in [0, 0.05) is 11.3 Å². The number of amides is 1. The van der Waals surface area contributed by atoms with Crippen molar-refractivity contribution in [1.82, 2.24) is 0 Å². The van der Waals surface area contributed by atoms with E-state index in [-0.39, 0.29) is 21.9 Å². The number of anilines is 2. The summed E-state index contributed by atoms with van der Waals surface area (Å²) in [7, 11) is -3.95. The highest BCUT2D eigenvalue weighted by Crippen LogP contribution is 2.23. The molecule has 0 radical (unpaired) electrons. The van der Waals surface area contributed by atoms with Gasteiger partial charge in [0.1, 0.15) is 5.82 Å². The minimum atomic E-state index is -3.95. The van der Waals surface area contributed by atoms with Gasteiger partial charge in [-0.1, -0.05) is 45.0 Å². The number of hydrogen-bond acceptors (Lipinski definition) is 3. The molecule has 2 N–H and O–H groups in total. The van der Waals surface area contributed by atoms with E-state index < -0.39 is 15.8 Å².